The van der Waals surface area contributed by atoms with Gasteiger partial charge < -0.3 is 24.6 Å². The number of halogens is 1. The maximum absolute atomic E-state index is 13.6. The van der Waals surface area contributed by atoms with E-state index in [1.807, 2.05) is 6.92 Å². The predicted molar refractivity (Wildman–Crippen MR) is 121 cm³/mol. The Labute approximate surface area is 196 Å². The van der Waals surface area contributed by atoms with E-state index in [4.69, 9.17) is 4.74 Å². The Morgan fingerprint density at radius 1 is 1.38 bits per heavy atom. The van der Waals surface area contributed by atoms with Crippen LogP contribution < -0.4 is 14.8 Å². The van der Waals surface area contributed by atoms with E-state index in [2.05, 4.69) is 10.0 Å². The summed E-state index contributed by atoms with van der Waals surface area (Å²) in [4.78, 5) is 26.0. The minimum absolute atomic E-state index is 0.00454. The number of anilines is 1. The number of rotatable bonds is 3. The quantitative estimate of drug-likeness (QED) is 0.601. The number of amides is 2. The molecule has 0 spiro atoms. The highest BCUT2D eigenvalue weighted by molar-refractivity contribution is 7.89. The van der Waals surface area contributed by atoms with Gasteiger partial charge in [0.05, 0.1) is 12.6 Å². The first-order valence-corrected chi connectivity index (χ1v) is 12.3. The van der Waals surface area contributed by atoms with E-state index in [1.54, 1.807) is 13.8 Å². The zero-order valence-corrected chi connectivity index (χ0v) is 20.1. The fourth-order valence-electron chi connectivity index (χ4n) is 4.95. The number of hydrogen-bond acceptors (Lipinski definition) is 5. The lowest BCUT2D eigenvalue weighted by atomic mass is 9.79. The second-order valence-corrected chi connectivity index (χ2v) is 10.7. The minimum atomic E-state index is -4.14. The Balaban J connectivity index is 1.73. The molecule has 0 aliphatic carbocycles. The first kappa shape index (κ1) is 24.0. The largest absolute Gasteiger partial charge is 0.489 e. The molecular formula is C22H27FN4O6S. The van der Waals surface area contributed by atoms with E-state index in [0.29, 0.717) is 17.7 Å². The summed E-state index contributed by atoms with van der Waals surface area (Å²) in [5, 5.41) is 12.3. The van der Waals surface area contributed by atoms with Crippen LogP contribution in [0.1, 0.15) is 36.3 Å². The average molecular weight is 495 g/mol. The molecule has 0 saturated carbocycles. The summed E-state index contributed by atoms with van der Waals surface area (Å²) in [6.45, 7) is 5.17. The van der Waals surface area contributed by atoms with Crippen molar-refractivity contribution in [2.24, 2.45) is 12.5 Å². The van der Waals surface area contributed by atoms with Crippen LogP contribution in [-0.2, 0) is 17.1 Å². The van der Waals surface area contributed by atoms with Gasteiger partial charge in [0.1, 0.15) is 10.7 Å². The molecule has 3 atom stereocenters. The van der Waals surface area contributed by atoms with Crippen molar-refractivity contribution in [1.29, 1.82) is 0 Å². The lowest BCUT2D eigenvalue weighted by molar-refractivity contribution is 0.0806. The third-order valence-electron chi connectivity index (χ3n) is 6.79. The van der Waals surface area contributed by atoms with Crippen LogP contribution in [0.15, 0.2) is 29.3 Å². The molecule has 3 heterocycles. The third-order valence-corrected chi connectivity index (χ3v) is 8.26. The van der Waals surface area contributed by atoms with Crippen molar-refractivity contribution in [3.05, 3.63) is 41.5 Å². The second-order valence-electron chi connectivity index (χ2n) is 9.03. The van der Waals surface area contributed by atoms with Crippen LogP contribution in [0.5, 0.6) is 5.75 Å². The van der Waals surface area contributed by atoms with E-state index in [9.17, 15) is 27.5 Å². The highest BCUT2D eigenvalue weighted by Crippen LogP contribution is 2.43. The molecule has 2 aromatic rings. The fraction of sp³-hybridized carbons (Fsp3) is 0.455. The number of nitrogens with zero attached hydrogens (tertiary/aromatic N) is 2. The normalized spacial score (nSPS) is 25.5. The van der Waals surface area contributed by atoms with Gasteiger partial charge in [-0.1, -0.05) is 13.8 Å². The summed E-state index contributed by atoms with van der Waals surface area (Å²) in [6.07, 6.45) is 0.613. The minimum Gasteiger partial charge on any atom is -0.489 e. The number of benzene rings is 1. The molecule has 34 heavy (non-hydrogen) atoms. The highest BCUT2D eigenvalue weighted by Gasteiger charge is 2.55. The standard InChI is InChI=1S/C22H27FN4O6S/c1-5-17-22(3)11-33-19-15(34(31,32)25-16(22)10-27(17)21(29)30)9-26(4)18(19)20(28)24-13-6-7-14(23)12(2)8-13/h6-9,16-17,25H,5,10-11H2,1-4H3,(H,24,28)(H,29,30)/t16-,17?,22-/m1/s1. The SMILES string of the molecule is CCC1N(C(=O)O)C[C@H]2NS(=O)(=O)c3cn(C)c(C(=O)Nc4ccc(F)c(C)c4)c3OC[C@@]12C. The van der Waals surface area contributed by atoms with Crippen LogP contribution in [0.4, 0.5) is 14.9 Å². The van der Waals surface area contributed by atoms with E-state index >= 15 is 0 Å². The Bertz CT molecular complexity index is 1280. The summed E-state index contributed by atoms with van der Waals surface area (Å²) in [5.74, 6) is -1.16. The molecular weight excluding hydrogens is 467 g/mol. The molecule has 12 heteroatoms. The maximum Gasteiger partial charge on any atom is 0.407 e. The average Bonchev–Trinajstić information content (AvgIpc) is 3.23. The van der Waals surface area contributed by atoms with Crippen LogP contribution in [0.25, 0.3) is 0 Å². The van der Waals surface area contributed by atoms with Crippen molar-refractivity contribution < 1.29 is 32.2 Å². The van der Waals surface area contributed by atoms with Gasteiger partial charge in [-0.05, 0) is 37.1 Å². The number of aromatic nitrogens is 1. The van der Waals surface area contributed by atoms with Gasteiger partial charge in [-0.2, -0.15) is 0 Å². The second kappa shape index (κ2) is 8.27. The molecule has 1 aromatic heterocycles. The zero-order valence-electron chi connectivity index (χ0n) is 19.3. The van der Waals surface area contributed by atoms with Crippen LogP contribution in [0.3, 0.4) is 0 Å². The molecule has 1 unspecified atom stereocenters. The number of carbonyl (C=O) groups is 2. The van der Waals surface area contributed by atoms with Crippen LogP contribution in [0, 0.1) is 18.2 Å². The van der Waals surface area contributed by atoms with Crippen molar-refractivity contribution >= 4 is 27.7 Å². The number of nitrogens with one attached hydrogen (secondary N) is 2. The molecule has 2 aliphatic heterocycles. The van der Waals surface area contributed by atoms with Gasteiger partial charge in [0.25, 0.3) is 5.91 Å². The number of fused-ring (bicyclic) bond motifs is 2. The van der Waals surface area contributed by atoms with E-state index in [-0.39, 0.29) is 29.5 Å². The van der Waals surface area contributed by atoms with Crippen LogP contribution in [0.2, 0.25) is 0 Å². The molecule has 0 bridgehead atoms. The van der Waals surface area contributed by atoms with Gasteiger partial charge in [0.2, 0.25) is 10.0 Å². The molecule has 3 N–H and O–H groups in total. The smallest absolute Gasteiger partial charge is 0.407 e. The first-order chi connectivity index (χ1) is 15.9. The third kappa shape index (κ3) is 3.80. The predicted octanol–water partition coefficient (Wildman–Crippen LogP) is 2.54. The zero-order chi connectivity index (χ0) is 25.0. The van der Waals surface area contributed by atoms with Crippen molar-refractivity contribution in [2.75, 3.05) is 18.5 Å². The van der Waals surface area contributed by atoms with Crippen LogP contribution >= 0.6 is 0 Å². The van der Waals surface area contributed by atoms with E-state index < -0.39 is 45.3 Å². The van der Waals surface area contributed by atoms with Crippen molar-refractivity contribution in [3.8, 4) is 5.75 Å². The van der Waals surface area contributed by atoms with Crippen LogP contribution in [-0.4, -0.2) is 60.2 Å². The number of likely N-dealkylation sites (tertiary alicyclic amines) is 1. The van der Waals surface area contributed by atoms with E-state index in [1.165, 1.54) is 40.9 Å². The highest BCUT2D eigenvalue weighted by atomic mass is 32.2. The van der Waals surface area contributed by atoms with Crippen molar-refractivity contribution in [3.63, 3.8) is 0 Å². The topological polar surface area (TPSA) is 130 Å². The molecule has 10 nitrogen and oxygen atoms in total. The van der Waals surface area contributed by atoms with Gasteiger partial charge in [0.15, 0.2) is 11.4 Å². The number of carboxylic acid groups (broad SMARTS) is 1. The Hall–Kier alpha value is -3.12. The molecule has 4 rings (SSSR count). The summed E-state index contributed by atoms with van der Waals surface area (Å²) in [7, 11) is -2.61. The summed E-state index contributed by atoms with van der Waals surface area (Å²) < 4.78 is 50.2. The lowest BCUT2D eigenvalue weighted by Crippen LogP contribution is -2.52. The van der Waals surface area contributed by atoms with Gasteiger partial charge in [0, 0.05) is 36.9 Å². The Morgan fingerprint density at radius 3 is 2.71 bits per heavy atom. The molecule has 0 radical (unpaired) electrons. The number of aryl methyl sites for hydroxylation is 2. The van der Waals surface area contributed by atoms with Gasteiger partial charge in [-0.25, -0.2) is 22.3 Å². The molecule has 2 aliphatic rings. The first-order valence-electron chi connectivity index (χ1n) is 10.8. The number of carbonyl (C=O) groups excluding carboxylic acids is 1. The van der Waals surface area contributed by atoms with Crippen molar-refractivity contribution in [1.82, 2.24) is 14.2 Å². The fourth-order valence-corrected chi connectivity index (χ4v) is 6.49. The molecule has 1 fully saturated rings. The molecule has 1 saturated heterocycles. The summed E-state index contributed by atoms with van der Waals surface area (Å²) >= 11 is 0. The number of ether oxygens (including phenoxy) is 1. The number of hydrogen-bond donors (Lipinski definition) is 3. The summed E-state index contributed by atoms with van der Waals surface area (Å²) in [6, 6.07) is 2.91. The summed E-state index contributed by atoms with van der Waals surface area (Å²) in [5.41, 5.74) is -0.200. The molecule has 1 aromatic carbocycles. The van der Waals surface area contributed by atoms with E-state index in [0.717, 1.165) is 0 Å². The Morgan fingerprint density at radius 2 is 2.09 bits per heavy atom. The Kier molecular flexibility index (Phi) is 5.85. The molecule has 2 amide bonds. The van der Waals surface area contributed by atoms with Gasteiger partial charge in [-0.15, -0.1) is 0 Å². The van der Waals surface area contributed by atoms with Gasteiger partial charge in [-0.3, -0.25) is 4.79 Å². The van der Waals surface area contributed by atoms with Gasteiger partial charge >= 0.3 is 6.09 Å². The molecule has 184 valence electrons. The maximum atomic E-state index is 13.6. The van der Waals surface area contributed by atoms with Crippen molar-refractivity contribution in [2.45, 2.75) is 44.2 Å². The lowest BCUT2D eigenvalue weighted by Gasteiger charge is -2.37. The number of sulfonamides is 1. The monoisotopic (exact) mass is 494 g/mol.